The first-order valence-corrected chi connectivity index (χ1v) is 11.3. The molecular formula is C27H27FN4O. The molecule has 0 spiro atoms. The number of benzene rings is 3. The standard InChI is InChI=1S/C27H27FN4O/c1-19-7-6-10-24(20(19)2)31-15-17-32(18-16-31)25(21-11-13-23(28)14-12-21)27-30-29-26(33-27)22-8-4-3-5-9-22/h3-14,25H,15-18H2,1-2H3/t25-/m1/s1. The number of hydrogen-bond acceptors (Lipinski definition) is 5. The third kappa shape index (κ3) is 4.39. The van der Waals surface area contributed by atoms with Crippen LogP contribution in [0.3, 0.4) is 0 Å². The highest BCUT2D eigenvalue weighted by molar-refractivity contribution is 5.56. The molecule has 1 aromatic heterocycles. The minimum absolute atomic E-state index is 0.226. The number of nitrogens with zero attached hydrogens (tertiary/aromatic N) is 4. The normalized spacial score (nSPS) is 15.5. The lowest BCUT2D eigenvalue weighted by Crippen LogP contribution is -2.48. The van der Waals surface area contributed by atoms with E-state index in [1.54, 1.807) is 0 Å². The van der Waals surface area contributed by atoms with Gasteiger partial charge in [-0.2, -0.15) is 0 Å². The average Bonchev–Trinajstić information content (AvgIpc) is 3.33. The van der Waals surface area contributed by atoms with Gasteiger partial charge in [0.2, 0.25) is 11.8 Å². The maximum atomic E-state index is 13.7. The Kier molecular flexibility index (Phi) is 5.92. The number of piperazine rings is 1. The van der Waals surface area contributed by atoms with Crippen LogP contribution in [0.4, 0.5) is 10.1 Å². The minimum Gasteiger partial charge on any atom is -0.419 e. The first-order chi connectivity index (χ1) is 16.1. The molecule has 1 aliphatic rings. The predicted octanol–water partition coefficient (Wildman–Crippen LogP) is 5.40. The number of anilines is 1. The molecule has 1 atom stereocenters. The molecule has 168 valence electrons. The molecule has 3 aromatic carbocycles. The van der Waals surface area contributed by atoms with E-state index < -0.39 is 0 Å². The van der Waals surface area contributed by atoms with Gasteiger partial charge in [0.1, 0.15) is 11.9 Å². The first kappa shape index (κ1) is 21.3. The number of aryl methyl sites for hydroxylation is 1. The molecule has 6 heteroatoms. The largest absolute Gasteiger partial charge is 0.419 e. The number of halogens is 1. The molecule has 1 aliphatic heterocycles. The van der Waals surface area contributed by atoms with Crippen molar-refractivity contribution in [3.8, 4) is 11.5 Å². The second-order valence-corrected chi connectivity index (χ2v) is 8.51. The molecular weight excluding hydrogens is 415 g/mol. The molecule has 0 unspecified atom stereocenters. The summed E-state index contributed by atoms with van der Waals surface area (Å²) in [7, 11) is 0. The van der Waals surface area contributed by atoms with Crippen LogP contribution in [0.5, 0.6) is 0 Å². The van der Waals surface area contributed by atoms with Crippen molar-refractivity contribution in [2.45, 2.75) is 19.9 Å². The van der Waals surface area contributed by atoms with Crippen LogP contribution in [0, 0.1) is 19.7 Å². The van der Waals surface area contributed by atoms with Gasteiger partial charge in [0, 0.05) is 37.4 Å². The summed E-state index contributed by atoms with van der Waals surface area (Å²) in [6.07, 6.45) is 0. The van der Waals surface area contributed by atoms with Crippen molar-refractivity contribution < 1.29 is 8.81 Å². The Morgan fingerprint density at radius 3 is 2.27 bits per heavy atom. The molecule has 5 nitrogen and oxygen atoms in total. The van der Waals surface area contributed by atoms with Crippen molar-refractivity contribution in [3.63, 3.8) is 0 Å². The summed E-state index contributed by atoms with van der Waals surface area (Å²) >= 11 is 0. The Hall–Kier alpha value is -3.51. The lowest BCUT2D eigenvalue weighted by Gasteiger charge is -2.39. The fourth-order valence-corrected chi connectivity index (χ4v) is 4.50. The molecule has 33 heavy (non-hydrogen) atoms. The van der Waals surface area contributed by atoms with Gasteiger partial charge >= 0.3 is 0 Å². The van der Waals surface area contributed by atoms with Gasteiger partial charge in [-0.15, -0.1) is 10.2 Å². The zero-order chi connectivity index (χ0) is 22.8. The number of rotatable bonds is 5. The third-order valence-electron chi connectivity index (χ3n) is 6.48. The van der Waals surface area contributed by atoms with Gasteiger partial charge < -0.3 is 9.32 Å². The Bertz CT molecular complexity index is 1210. The lowest BCUT2D eigenvalue weighted by atomic mass is 10.0. The van der Waals surface area contributed by atoms with E-state index in [2.05, 4.69) is 52.0 Å². The van der Waals surface area contributed by atoms with Gasteiger partial charge in [-0.25, -0.2) is 4.39 Å². The molecule has 0 aliphatic carbocycles. The zero-order valence-corrected chi connectivity index (χ0v) is 18.9. The second-order valence-electron chi connectivity index (χ2n) is 8.51. The summed E-state index contributed by atoms with van der Waals surface area (Å²) in [5, 5.41) is 8.71. The van der Waals surface area contributed by atoms with E-state index in [9.17, 15) is 4.39 Å². The van der Waals surface area contributed by atoms with Crippen LogP contribution in [0.15, 0.2) is 77.2 Å². The van der Waals surface area contributed by atoms with Crippen LogP contribution >= 0.6 is 0 Å². The van der Waals surface area contributed by atoms with Crippen molar-refractivity contribution >= 4 is 5.69 Å². The van der Waals surface area contributed by atoms with E-state index in [0.717, 1.165) is 37.3 Å². The van der Waals surface area contributed by atoms with E-state index in [4.69, 9.17) is 4.42 Å². The highest BCUT2D eigenvalue weighted by Crippen LogP contribution is 2.32. The summed E-state index contributed by atoms with van der Waals surface area (Å²) in [5.41, 5.74) is 5.75. The SMILES string of the molecule is Cc1cccc(N2CCN([C@H](c3ccc(F)cc3)c3nnc(-c4ccccc4)o3)CC2)c1C. The van der Waals surface area contributed by atoms with Crippen molar-refractivity contribution in [3.05, 3.63) is 101 Å². The quantitative estimate of drug-likeness (QED) is 0.414. The lowest BCUT2D eigenvalue weighted by molar-refractivity contribution is 0.188. The maximum absolute atomic E-state index is 13.7. The van der Waals surface area contributed by atoms with Gasteiger partial charge in [0.05, 0.1) is 0 Å². The molecule has 0 bridgehead atoms. The predicted molar refractivity (Wildman–Crippen MR) is 128 cm³/mol. The van der Waals surface area contributed by atoms with Gasteiger partial charge in [0.15, 0.2) is 0 Å². The zero-order valence-electron chi connectivity index (χ0n) is 18.9. The van der Waals surface area contributed by atoms with Gasteiger partial charge in [0.25, 0.3) is 0 Å². The molecule has 2 heterocycles. The molecule has 0 N–H and O–H groups in total. The third-order valence-corrected chi connectivity index (χ3v) is 6.48. The summed E-state index contributed by atoms with van der Waals surface area (Å²) in [6, 6.07) is 22.6. The van der Waals surface area contributed by atoms with Crippen LogP contribution in [0.2, 0.25) is 0 Å². The van der Waals surface area contributed by atoms with Crippen LogP contribution in [-0.4, -0.2) is 41.3 Å². The Labute approximate surface area is 193 Å². The van der Waals surface area contributed by atoms with E-state index >= 15 is 0 Å². The van der Waals surface area contributed by atoms with E-state index in [1.165, 1.54) is 28.9 Å². The topological polar surface area (TPSA) is 45.4 Å². The van der Waals surface area contributed by atoms with Crippen molar-refractivity contribution in [2.75, 3.05) is 31.1 Å². The van der Waals surface area contributed by atoms with Crippen LogP contribution in [0.25, 0.3) is 11.5 Å². The highest BCUT2D eigenvalue weighted by atomic mass is 19.1. The summed E-state index contributed by atoms with van der Waals surface area (Å²) < 4.78 is 19.8. The summed E-state index contributed by atoms with van der Waals surface area (Å²) in [4.78, 5) is 4.78. The molecule has 0 amide bonds. The molecule has 0 saturated carbocycles. The van der Waals surface area contributed by atoms with Crippen molar-refractivity contribution in [2.24, 2.45) is 0 Å². The molecule has 0 radical (unpaired) electrons. The van der Waals surface area contributed by atoms with Crippen molar-refractivity contribution in [1.82, 2.24) is 15.1 Å². The van der Waals surface area contributed by atoms with Crippen LogP contribution in [-0.2, 0) is 0 Å². The smallest absolute Gasteiger partial charge is 0.247 e. The molecule has 1 saturated heterocycles. The maximum Gasteiger partial charge on any atom is 0.247 e. The molecule has 1 fully saturated rings. The second kappa shape index (κ2) is 9.16. The number of aromatic nitrogens is 2. The Morgan fingerprint density at radius 2 is 1.55 bits per heavy atom. The fourth-order valence-electron chi connectivity index (χ4n) is 4.50. The Balaban J connectivity index is 1.42. The fraction of sp³-hybridized carbons (Fsp3) is 0.259. The summed E-state index contributed by atoms with van der Waals surface area (Å²) in [5.74, 6) is 0.764. The van der Waals surface area contributed by atoms with Gasteiger partial charge in [-0.3, -0.25) is 4.90 Å². The van der Waals surface area contributed by atoms with Crippen molar-refractivity contribution in [1.29, 1.82) is 0 Å². The average molecular weight is 443 g/mol. The highest BCUT2D eigenvalue weighted by Gasteiger charge is 2.31. The van der Waals surface area contributed by atoms with Gasteiger partial charge in [-0.05, 0) is 60.9 Å². The monoisotopic (exact) mass is 442 g/mol. The van der Waals surface area contributed by atoms with Gasteiger partial charge in [-0.1, -0.05) is 42.5 Å². The first-order valence-electron chi connectivity index (χ1n) is 11.3. The minimum atomic E-state index is -0.257. The van der Waals surface area contributed by atoms with E-state index in [0.29, 0.717) is 11.8 Å². The van der Waals surface area contributed by atoms with E-state index in [-0.39, 0.29) is 11.9 Å². The Morgan fingerprint density at radius 1 is 0.818 bits per heavy atom. The molecule has 4 aromatic rings. The summed E-state index contributed by atoms with van der Waals surface area (Å²) in [6.45, 7) is 7.78. The van der Waals surface area contributed by atoms with E-state index in [1.807, 2.05) is 42.5 Å². The number of hydrogen-bond donors (Lipinski definition) is 0. The van der Waals surface area contributed by atoms with Crippen LogP contribution < -0.4 is 4.90 Å². The van der Waals surface area contributed by atoms with Crippen LogP contribution in [0.1, 0.15) is 28.6 Å². The molecule has 5 rings (SSSR count).